The third-order valence-electron chi connectivity index (χ3n) is 1.87. The highest BCUT2D eigenvalue weighted by Gasteiger charge is 1.99. The highest BCUT2D eigenvalue weighted by atomic mass is 32.2. The van der Waals surface area contributed by atoms with Crippen molar-refractivity contribution < 1.29 is 0 Å². The van der Waals surface area contributed by atoms with Crippen LogP contribution < -0.4 is 0 Å². The molecule has 0 bridgehead atoms. The Morgan fingerprint density at radius 3 is 3.19 bits per heavy atom. The minimum atomic E-state index is 0.812. The van der Waals surface area contributed by atoms with Crippen LogP contribution in [0, 0.1) is 0 Å². The lowest BCUT2D eigenvalue weighted by atomic mass is 10.4. The van der Waals surface area contributed by atoms with Crippen molar-refractivity contribution in [3.8, 4) is 0 Å². The van der Waals surface area contributed by atoms with Gasteiger partial charge in [-0.1, -0.05) is 24.8 Å². The second-order valence-electron chi connectivity index (χ2n) is 3.20. The first kappa shape index (κ1) is 11.4. The zero-order valence-electron chi connectivity index (χ0n) is 9.01. The molecule has 0 aliphatic rings. The van der Waals surface area contributed by atoms with Gasteiger partial charge in [0, 0.05) is 10.6 Å². The molecular formula is C11H13N3S2. The molecule has 0 radical (unpaired) electrons. The number of thioether (sulfide) groups is 1. The van der Waals surface area contributed by atoms with Crippen molar-refractivity contribution in [1.29, 1.82) is 0 Å². The average molecular weight is 251 g/mol. The molecule has 0 aliphatic carbocycles. The minimum Gasteiger partial charge on any atom is -0.259 e. The van der Waals surface area contributed by atoms with Gasteiger partial charge in [-0.2, -0.15) is 0 Å². The molecule has 1 N–H and O–H groups in total. The van der Waals surface area contributed by atoms with Crippen LogP contribution in [-0.4, -0.2) is 20.9 Å². The second-order valence-corrected chi connectivity index (χ2v) is 5.24. The number of aromatic amines is 1. The molecule has 0 amide bonds. The summed E-state index contributed by atoms with van der Waals surface area (Å²) in [6.07, 6.45) is 5.13. The first-order chi connectivity index (χ1) is 7.88. The van der Waals surface area contributed by atoms with E-state index >= 15 is 0 Å². The molecule has 0 aliphatic heterocycles. The SMILES string of the molecule is CCCSc1n[nH]c(C=Cc2cccs2)n1. The Morgan fingerprint density at radius 1 is 1.50 bits per heavy atom. The summed E-state index contributed by atoms with van der Waals surface area (Å²) in [5, 5.41) is 9.93. The number of nitrogens with one attached hydrogen (secondary N) is 1. The number of hydrogen-bond donors (Lipinski definition) is 1. The predicted octanol–water partition coefficient (Wildman–Crippen LogP) is 3.54. The van der Waals surface area contributed by atoms with Gasteiger partial charge in [0.25, 0.3) is 0 Å². The first-order valence-corrected chi connectivity index (χ1v) is 7.02. The van der Waals surface area contributed by atoms with Crippen molar-refractivity contribution in [2.24, 2.45) is 0 Å². The summed E-state index contributed by atoms with van der Waals surface area (Å²) in [5.41, 5.74) is 0. The lowest BCUT2D eigenvalue weighted by Gasteiger charge is -1.88. The van der Waals surface area contributed by atoms with Crippen LogP contribution >= 0.6 is 23.1 Å². The van der Waals surface area contributed by atoms with Crippen molar-refractivity contribution in [3.63, 3.8) is 0 Å². The Hall–Kier alpha value is -1.07. The molecule has 3 nitrogen and oxygen atoms in total. The summed E-state index contributed by atoms with van der Waals surface area (Å²) >= 11 is 3.39. The van der Waals surface area contributed by atoms with Crippen molar-refractivity contribution >= 4 is 35.3 Å². The molecule has 0 saturated carbocycles. The van der Waals surface area contributed by atoms with Gasteiger partial charge in [-0.15, -0.1) is 16.4 Å². The Kier molecular flexibility index (Phi) is 4.18. The van der Waals surface area contributed by atoms with Gasteiger partial charge in [0.05, 0.1) is 0 Å². The van der Waals surface area contributed by atoms with Gasteiger partial charge in [0.1, 0.15) is 5.82 Å². The summed E-state index contributed by atoms with van der Waals surface area (Å²) in [6.45, 7) is 2.15. The number of hydrogen-bond acceptors (Lipinski definition) is 4. The maximum Gasteiger partial charge on any atom is 0.208 e. The molecule has 0 fully saturated rings. The Bertz CT molecular complexity index is 446. The molecule has 0 saturated heterocycles. The van der Waals surface area contributed by atoms with Crippen LogP contribution in [0.4, 0.5) is 0 Å². The van der Waals surface area contributed by atoms with Gasteiger partial charge in [-0.3, -0.25) is 5.10 Å². The van der Waals surface area contributed by atoms with Gasteiger partial charge in [-0.25, -0.2) is 4.98 Å². The van der Waals surface area contributed by atoms with Gasteiger partial charge < -0.3 is 0 Å². The minimum absolute atomic E-state index is 0.812. The van der Waals surface area contributed by atoms with Crippen molar-refractivity contribution in [1.82, 2.24) is 15.2 Å². The smallest absolute Gasteiger partial charge is 0.208 e. The average Bonchev–Trinajstić information content (AvgIpc) is 2.95. The maximum absolute atomic E-state index is 4.36. The van der Waals surface area contributed by atoms with E-state index in [4.69, 9.17) is 0 Å². The fourth-order valence-corrected chi connectivity index (χ4v) is 2.42. The molecule has 16 heavy (non-hydrogen) atoms. The first-order valence-electron chi connectivity index (χ1n) is 5.15. The fourth-order valence-electron chi connectivity index (χ4n) is 1.14. The standard InChI is InChI=1S/C11H13N3S2/c1-2-7-16-11-12-10(13-14-11)6-5-9-4-3-8-15-9/h3-6,8H,2,7H2,1H3,(H,12,13,14). The Morgan fingerprint density at radius 2 is 2.44 bits per heavy atom. The topological polar surface area (TPSA) is 41.6 Å². The quantitative estimate of drug-likeness (QED) is 0.826. The molecule has 2 heterocycles. The molecule has 2 aromatic heterocycles. The highest BCUT2D eigenvalue weighted by Crippen LogP contribution is 2.15. The fraction of sp³-hybridized carbons (Fsp3) is 0.273. The molecule has 2 rings (SSSR count). The van der Waals surface area contributed by atoms with E-state index < -0.39 is 0 Å². The lowest BCUT2D eigenvalue weighted by molar-refractivity contribution is 0.967. The monoisotopic (exact) mass is 251 g/mol. The molecule has 0 unspecified atom stereocenters. The van der Waals surface area contributed by atoms with E-state index in [9.17, 15) is 0 Å². The number of H-pyrrole nitrogens is 1. The Balaban J connectivity index is 1.97. The molecule has 0 atom stereocenters. The van der Waals surface area contributed by atoms with Gasteiger partial charge >= 0.3 is 0 Å². The number of nitrogens with zero attached hydrogens (tertiary/aromatic N) is 2. The summed E-state index contributed by atoms with van der Waals surface area (Å²) in [7, 11) is 0. The molecule has 0 aromatic carbocycles. The van der Waals surface area contributed by atoms with Gasteiger partial charge in [-0.05, 0) is 30.0 Å². The third kappa shape index (κ3) is 3.21. The number of aromatic nitrogens is 3. The lowest BCUT2D eigenvalue weighted by Crippen LogP contribution is -1.77. The largest absolute Gasteiger partial charge is 0.259 e. The van der Waals surface area contributed by atoms with Crippen LogP contribution in [-0.2, 0) is 0 Å². The van der Waals surface area contributed by atoms with E-state index in [0.717, 1.165) is 23.2 Å². The molecular weight excluding hydrogens is 238 g/mol. The van der Waals surface area contributed by atoms with Gasteiger partial charge in [0.15, 0.2) is 0 Å². The van der Waals surface area contributed by atoms with E-state index in [1.54, 1.807) is 23.1 Å². The zero-order valence-corrected chi connectivity index (χ0v) is 10.6. The third-order valence-corrected chi connectivity index (χ3v) is 3.76. The molecule has 2 aromatic rings. The second kappa shape index (κ2) is 5.86. The van der Waals surface area contributed by atoms with Crippen LogP contribution in [0.15, 0.2) is 22.7 Å². The highest BCUT2D eigenvalue weighted by molar-refractivity contribution is 7.99. The molecule has 5 heteroatoms. The molecule has 84 valence electrons. The van der Waals surface area contributed by atoms with Crippen LogP contribution in [0.1, 0.15) is 24.0 Å². The summed E-state index contributed by atoms with van der Waals surface area (Å²) in [5.74, 6) is 1.87. The Labute approximate surface area is 103 Å². The van der Waals surface area contributed by atoms with Crippen molar-refractivity contribution in [2.75, 3.05) is 5.75 Å². The van der Waals surface area contributed by atoms with Crippen LogP contribution in [0.3, 0.4) is 0 Å². The van der Waals surface area contributed by atoms with Gasteiger partial charge in [0.2, 0.25) is 5.16 Å². The van der Waals surface area contributed by atoms with E-state index in [1.807, 2.05) is 18.2 Å². The van der Waals surface area contributed by atoms with Crippen LogP contribution in [0.5, 0.6) is 0 Å². The van der Waals surface area contributed by atoms with E-state index in [0.29, 0.717) is 0 Å². The normalized spacial score (nSPS) is 11.3. The maximum atomic E-state index is 4.36. The van der Waals surface area contributed by atoms with E-state index in [-0.39, 0.29) is 0 Å². The number of thiophene rings is 1. The van der Waals surface area contributed by atoms with E-state index in [2.05, 4.69) is 33.6 Å². The number of rotatable bonds is 5. The molecule has 0 spiro atoms. The zero-order chi connectivity index (χ0) is 11.2. The van der Waals surface area contributed by atoms with Crippen LogP contribution in [0.2, 0.25) is 0 Å². The van der Waals surface area contributed by atoms with Crippen LogP contribution in [0.25, 0.3) is 12.2 Å². The summed E-state index contributed by atoms with van der Waals surface area (Å²) < 4.78 is 0. The summed E-state index contributed by atoms with van der Waals surface area (Å²) in [4.78, 5) is 5.58. The predicted molar refractivity (Wildman–Crippen MR) is 70.6 cm³/mol. The van der Waals surface area contributed by atoms with E-state index in [1.165, 1.54) is 4.88 Å². The van der Waals surface area contributed by atoms with Crippen molar-refractivity contribution in [3.05, 3.63) is 28.2 Å². The van der Waals surface area contributed by atoms with Crippen molar-refractivity contribution in [2.45, 2.75) is 18.5 Å². The summed E-state index contributed by atoms with van der Waals surface area (Å²) in [6, 6.07) is 4.11.